The lowest BCUT2D eigenvalue weighted by Gasteiger charge is -2.55. The predicted molar refractivity (Wildman–Crippen MR) is 90.3 cm³/mol. The molecular weight excluding hydrogens is 284 g/mol. The molecule has 0 aromatic heterocycles. The van der Waals surface area contributed by atoms with Crippen LogP contribution >= 0.6 is 0 Å². The number of fused-ring (bicyclic) bond motifs is 1. The van der Waals surface area contributed by atoms with Gasteiger partial charge in [-0.2, -0.15) is 0 Å². The molecule has 6 rings (SSSR count). The first kappa shape index (κ1) is 13.6. The van der Waals surface area contributed by atoms with E-state index in [9.17, 15) is 4.79 Å². The van der Waals surface area contributed by atoms with Crippen molar-refractivity contribution in [2.75, 3.05) is 0 Å². The van der Waals surface area contributed by atoms with E-state index < -0.39 is 0 Å². The monoisotopic (exact) mass is 306 g/mol. The van der Waals surface area contributed by atoms with Crippen LogP contribution in [-0.2, 0) is 4.74 Å². The Morgan fingerprint density at radius 1 is 0.870 bits per heavy atom. The van der Waals surface area contributed by atoms with Crippen LogP contribution in [0.25, 0.3) is 10.8 Å². The molecule has 4 aliphatic rings. The van der Waals surface area contributed by atoms with Crippen molar-refractivity contribution in [1.29, 1.82) is 0 Å². The molecule has 4 saturated carbocycles. The number of carbonyl (C=O) groups is 1. The summed E-state index contributed by atoms with van der Waals surface area (Å²) in [6.45, 7) is 0. The molecule has 2 aromatic rings. The fraction of sp³-hybridized carbons (Fsp3) is 0.476. The molecular formula is C21H22O2. The van der Waals surface area contributed by atoms with Gasteiger partial charge >= 0.3 is 5.97 Å². The minimum Gasteiger partial charge on any atom is -0.455 e. The summed E-state index contributed by atoms with van der Waals surface area (Å²) in [4.78, 5) is 12.8. The normalized spacial score (nSPS) is 34.7. The van der Waals surface area contributed by atoms with Gasteiger partial charge in [-0.15, -0.1) is 0 Å². The lowest BCUT2D eigenvalue weighted by Crippen LogP contribution is -2.52. The maximum atomic E-state index is 12.8. The largest absolute Gasteiger partial charge is 0.455 e. The van der Waals surface area contributed by atoms with Crippen molar-refractivity contribution in [3.8, 4) is 0 Å². The molecule has 118 valence electrons. The molecule has 2 heteroatoms. The quantitative estimate of drug-likeness (QED) is 0.733. The zero-order valence-electron chi connectivity index (χ0n) is 13.3. The second-order valence-electron chi connectivity index (χ2n) is 8.05. The fourth-order valence-corrected chi connectivity index (χ4v) is 5.73. The zero-order chi connectivity index (χ0) is 15.4. The highest BCUT2D eigenvalue weighted by Crippen LogP contribution is 2.57. The van der Waals surface area contributed by atoms with E-state index in [-0.39, 0.29) is 11.6 Å². The molecule has 0 radical (unpaired) electrons. The van der Waals surface area contributed by atoms with Gasteiger partial charge in [0.1, 0.15) is 5.60 Å². The molecule has 0 unspecified atom stereocenters. The maximum absolute atomic E-state index is 12.8. The van der Waals surface area contributed by atoms with E-state index in [1.54, 1.807) is 0 Å². The first-order valence-electron chi connectivity index (χ1n) is 8.91. The SMILES string of the molecule is O=C(OC12CC3CC(CC(C3)C1)C2)c1ccc2ccccc2c1. The highest BCUT2D eigenvalue weighted by atomic mass is 16.6. The Morgan fingerprint density at radius 3 is 2.13 bits per heavy atom. The number of hydrogen-bond acceptors (Lipinski definition) is 2. The van der Waals surface area contributed by atoms with Crippen LogP contribution in [0.5, 0.6) is 0 Å². The average molecular weight is 306 g/mol. The van der Waals surface area contributed by atoms with Gasteiger partial charge in [-0.1, -0.05) is 30.3 Å². The van der Waals surface area contributed by atoms with E-state index in [2.05, 4.69) is 12.1 Å². The van der Waals surface area contributed by atoms with Gasteiger partial charge in [0.2, 0.25) is 0 Å². The highest BCUT2D eigenvalue weighted by molar-refractivity contribution is 5.95. The van der Waals surface area contributed by atoms with E-state index in [4.69, 9.17) is 4.74 Å². The van der Waals surface area contributed by atoms with Crippen molar-refractivity contribution < 1.29 is 9.53 Å². The lowest BCUT2D eigenvalue weighted by atomic mass is 9.54. The number of rotatable bonds is 2. The van der Waals surface area contributed by atoms with E-state index in [0.29, 0.717) is 5.56 Å². The van der Waals surface area contributed by atoms with Gasteiger partial charge in [0.05, 0.1) is 5.56 Å². The van der Waals surface area contributed by atoms with E-state index >= 15 is 0 Å². The van der Waals surface area contributed by atoms with Crippen molar-refractivity contribution in [2.45, 2.75) is 44.1 Å². The Bertz CT molecular complexity index is 741. The maximum Gasteiger partial charge on any atom is 0.338 e. The Balaban J connectivity index is 1.42. The summed E-state index contributed by atoms with van der Waals surface area (Å²) < 4.78 is 6.15. The van der Waals surface area contributed by atoms with Crippen LogP contribution in [0.15, 0.2) is 42.5 Å². The summed E-state index contributed by atoms with van der Waals surface area (Å²) in [5.41, 5.74) is 0.539. The predicted octanol–water partition coefficient (Wildman–Crippen LogP) is 4.97. The van der Waals surface area contributed by atoms with Crippen LogP contribution < -0.4 is 0 Å². The summed E-state index contributed by atoms with van der Waals surface area (Å²) in [6.07, 6.45) is 7.39. The minimum atomic E-state index is -0.155. The van der Waals surface area contributed by atoms with Gasteiger partial charge in [-0.25, -0.2) is 4.79 Å². The van der Waals surface area contributed by atoms with Crippen molar-refractivity contribution >= 4 is 16.7 Å². The molecule has 2 nitrogen and oxygen atoms in total. The van der Waals surface area contributed by atoms with Crippen LogP contribution in [0.1, 0.15) is 48.9 Å². The van der Waals surface area contributed by atoms with Crippen molar-refractivity contribution in [3.63, 3.8) is 0 Å². The molecule has 0 spiro atoms. The van der Waals surface area contributed by atoms with Crippen LogP contribution in [0, 0.1) is 17.8 Å². The number of esters is 1. The Hall–Kier alpha value is -1.83. The first-order chi connectivity index (χ1) is 11.2. The molecule has 0 heterocycles. The van der Waals surface area contributed by atoms with E-state index in [1.165, 1.54) is 24.6 Å². The summed E-state index contributed by atoms with van der Waals surface area (Å²) in [7, 11) is 0. The van der Waals surface area contributed by atoms with Gasteiger partial charge < -0.3 is 4.74 Å². The third-order valence-corrected chi connectivity index (χ3v) is 6.28. The molecule has 4 bridgehead atoms. The first-order valence-corrected chi connectivity index (χ1v) is 8.91. The van der Waals surface area contributed by atoms with Gasteiger partial charge in [0.25, 0.3) is 0 Å². The molecule has 23 heavy (non-hydrogen) atoms. The smallest absolute Gasteiger partial charge is 0.338 e. The molecule has 2 aromatic carbocycles. The molecule has 0 amide bonds. The second kappa shape index (κ2) is 4.83. The van der Waals surface area contributed by atoms with Crippen molar-refractivity contribution in [2.24, 2.45) is 17.8 Å². The average Bonchev–Trinajstić information content (AvgIpc) is 2.52. The van der Waals surface area contributed by atoms with Crippen LogP contribution in [0.2, 0.25) is 0 Å². The number of ether oxygens (including phenoxy) is 1. The molecule has 4 aliphatic carbocycles. The third-order valence-electron chi connectivity index (χ3n) is 6.28. The second-order valence-corrected chi connectivity index (χ2v) is 8.05. The Morgan fingerprint density at radius 2 is 1.48 bits per heavy atom. The number of hydrogen-bond donors (Lipinski definition) is 0. The van der Waals surface area contributed by atoms with Crippen LogP contribution in [0.4, 0.5) is 0 Å². The molecule has 0 atom stereocenters. The molecule has 0 saturated heterocycles. The van der Waals surface area contributed by atoms with Gasteiger partial charge in [0.15, 0.2) is 0 Å². The fourth-order valence-electron chi connectivity index (χ4n) is 5.73. The molecule has 0 N–H and O–H groups in total. The molecule has 4 fully saturated rings. The Labute approximate surface area is 136 Å². The van der Waals surface area contributed by atoms with E-state index in [0.717, 1.165) is 42.4 Å². The number of carbonyl (C=O) groups excluding carboxylic acids is 1. The standard InChI is InChI=1S/C21H22O2/c22-20(19-6-5-17-3-1-2-4-18(17)10-19)23-21-11-14-7-15(12-21)9-16(8-14)13-21/h1-6,10,14-16H,7-9,11-13H2. The van der Waals surface area contributed by atoms with E-state index in [1.807, 2.05) is 30.3 Å². The molecule has 0 aliphatic heterocycles. The number of benzene rings is 2. The summed E-state index contributed by atoms with van der Waals surface area (Å²) >= 11 is 0. The van der Waals surface area contributed by atoms with Gasteiger partial charge in [0, 0.05) is 0 Å². The zero-order valence-corrected chi connectivity index (χ0v) is 13.3. The summed E-state index contributed by atoms with van der Waals surface area (Å²) in [5.74, 6) is 2.26. The lowest BCUT2D eigenvalue weighted by molar-refractivity contribution is -0.131. The minimum absolute atomic E-state index is 0.127. The van der Waals surface area contributed by atoms with Gasteiger partial charge in [-0.05, 0) is 79.2 Å². The summed E-state index contributed by atoms with van der Waals surface area (Å²) in [5, 5.41) is 2.27. The van der Waals surface area contributed by atoms with Crippen LogP contribution in [0.3, 0.4) is 0 Å². The van der Waals surface area contributed by atoms with Crippen molar-refractivity contribution in [3.05, 3.63) is 48.0 Å². The Kier molecular flexibility index (Phi) is 2.86. The van der Waals surface area contributed by atoms with Gasteiger partial charge in [-0.3, -0.25) is 0 Å². The van der Waals surface area contributed by atoms with Crippen LogP contribution in [-0.4, -0.2) is 11.6 Å². The van der Waals surface area contributed by atoms with Crippen molar-refractivity contribution in [1.82, 2.24) is 0 Å². The highest BCUT2D eigenvalue weighted by Gasteiger charge is 2.53. The third kappa shape index (κ3) is 2.27. The topological polar surface area (TPSA) is 26.3 Å². The summed E-state index contributed by atoms with van der Waals surface area (Å²) in [6, 6.07) is 14.1.